The lowest BCUT2D eigenvalue weighted by Gasteiger charge is -2.15. The molecule has 0 N–H and O–H groups in total. The number of thiazole rings is 1. The minimum absolute atomic E-state index is 0.210. The van der Waals surface area contributed by atoms with E-state index in [1.807, 2.05) is 24.3 Å². The number of hydrogen-bond acceptors (Lipinski definition) is 3. The van der Waals surface area contributed by atoms with E-state index >= 15 is 0 Å². The average Bonchev–Trinajstić information content (AvgIpc) is 3.29. The Labute approximate surface area is 172 Å². The Hall–Kier alpha value is -1.59. The normalized spacial score (nSPS) is 17.6. The van der Waals surface area contributed by atoms with Gasteiger partial charge in [0.2, 0.25) is 0 Å². The summed E-state index contributed by atoms with van der Waals surface area (Å²) in [6, 6.07) is 13.9. The van der Waals surface area contributed by atoms with Gasteiger partial charge in [0.05, 0.1) is 29.1 Å². The number of ether oxygens (including phenoxy) is 1. The number of nitrogens with zero attached hydrogens (tertiary/aromatic N) is 2. The van der Waals surface area contributed by atoms with Crippen molar-refractivity contribution in [2.75, 3.05) is 6.61 Å². The number of benzene rings is 2. The molecule has 2 aromatic carbocycles. The van der Waals surface area contributed by atoms with E-state index in [0.29, 0.717) is 10.0 Å². The Morgan fingerprint density at radius 2 is 2.00 bits per heavy atom. The zero-order valence-corrected chi connectivity index (χ0v) is 17.3. The summed E-state index contributed by atoms with van der Waals surface area (Å²) in [4.78, 5) is 5.81. The van der Waals surface area contributed by atoms with Gasteiger partial charge in [-0.2, -0.15) is 0 Å². The van der Waals surface area contributed by atoms with Crippen LogP contribution in [-0.2, 0) is 11.3 Å². The molecule has 3 nitrogen and oxygen atoms in total. The van der Waals surface area contributed by atoms with E-state index in [2.05, 4.69) is 29.0 Å². The molecule has 0 spiro atoms. The Morgan fingerprint density at radius 1 is 1.19 bits per heavy atom. The van der Waals surface area contributed by atoms with Crippen LogP contribution >= 0.6 is 34.5 Å². The molecule has 4 rings (SSSR count). The number of aromatic nitrogens is 1. The number of rotatable bonds is 4. The minimum Gasteiger partial charge on any atom is -0.376 e. The van der Waals surface area contributed by atoms with Gasteiger partial charge in [-0.25, -0.2) is 4.99 Å². The van der Waals surface area contributed by atoms with Crippen LogP contribution in [0.5, 0.6) is 0 Å². The standard InChI is InChI=1S/C21H20Cl2N2OS/c1-14-4-7-16(8-5-14)24-21-25(12-17-3-2-10-26-17)20(13-27-21)18-9-6-15(22)11-19(18)23/h4-9,11,13,17H,2-3,10,12H2,1H3. The third-order valence-electron chi connectivity index (χ3n) is 4.67. The summed E-state index contributed by atoms with van der Waals surface area (Å²) in [5, 5.41) is 3.38. The quantitative estimate of drug-likeness (QED) is 0.492. The van der Waals surface area contributed by atoms with E-state index < -0.39 is 0 Å². The van der Waals surface area contributed by atoms with E-state index in [1.165, 1.54) is 5.56 Å². The fourth-order valence-electron chi connectivity index (χ4n) is 3.23. The summed E-state index contributed by atoms with van der Waals surface area (Å²) in [7, 11) is 0. The maximum absolute atomic E-state index is 6.48. The van der Waals surface area contributed by atoms with Crippen LogP contribution in [0.2, 0.25) is 10.0 Å². The Balaban J connectivity index is 1.81. The molecular weight excluding hydrogens is 399 g/mol. The van der Waals surface area contributed by atoms with Crippen molar-refractivity contribution in [3.63, 3.8) is 0 Å². The van der Waals surface area contributed by atoms with Gasteiger partial charge in [-0.1, -0.05) is 40.9 Å². The Morgan fingerprint density at radius 3 is 2.70 bits per heavy atom. The highest BCUT2D eigenvalue weighted by Gasteiger charge is 2.20. The second-order valence-corrected chi connectivity index (χ2v) is 8.40. The topological polar surface area (TPSA) is 26.5 Å². The molecule has 1 aromatic heterocycles. The zero-order chi connectivity index (χ0) is 18.8. The fraction of sp³-hybridized carbons (Fsp3) is 0.286. The molecule has 1 atom stereocenters. The summed E-state index contributed by atoms with van der Waals surface area (Å²) in [5.41, 5.74) is 4.17. The molecule has 140 valence electrons. The molecule has 6 heteroatoms. The molecule has 0 amide bonds. The molecular formula is C21H20Cl2N2OS. The highest BCUT2D eigenvalue weighted by Crippen LogP contribution is 2.31. The Bertz CT molecular complexity index is 1000. The lowest BCUT2D eigenvalue weighted by atomic mass is 10.1. The van der Waals surface area contributed by atoms with Gasteiger partial charge in [-0.05, 0) is 50.1 Å². The zero-order valence-electron chi connectivity index (χ0n) is 15.0. The highest BCUT2D eigenvalue weighted by molar-refractivity contribution is 7.07. The van der Waals surface area contributed by atoms with Gasteiger partial charge >= 0.3 is 0 Å². The highest BCUT2D eigenvalue weighted by atomic mass is 35.5. The molecule has 0 aliphatic carbocycles. The lowest BCUT2D eigenvalue weighted by Crippen LogP contribution is -2.24. The van der Waals surface area contributed by atoms with Crippen molar-refractivity contribution in [1.82, 2.24) is 4.57 Å². The van der Waals surface area contributed by atoms with Gasteiger partial charge < -0.3 is 9.30 Å². The first-order chi connectivity index (χ1) is 13.1. The van der Waals surface area contributed by atoms with E-state index in [4.69, 9.17) is 32.9 Å². The predicted octanol–water partition coefficient (Wildman–Crippen LogP) is 6.24. The second kappa shape index (κ2) is 8.19. The predicted molar refractivity (Wildman–Crippen MR) is 113 cm³/mol. The van der Waals surface area contributed by atoms with Crippen LogP contribution in [0, 0.1) is 6.92 Å². The molecule has 1 fully saturated rings. The smallest absolute Gasteiger partial charge is 0.190 e. The van der Waals surface area contributed by atoms with Gasteiger partial charge in [-0.15, -0.1) is 11.3 Å². The van der Waals surface area contributed by atoms with Crippen molar-refractivity contribution in [2.45, 2.75) is 32.4 Å². The van der Waals surface area contributed by atoms with Crippen LogP contribution < -0.4 is 4.80 Å². The van der Waals surface area contributed by atoms with Gasteiger partial charge in [0.25, 0.3) is 0 Å². The summed E-state index contributed by atoms with van der Waals surface area (Å²) >= 11 is 14.2. The van der Waals surface area contributed by atoms with Crippen molar-refractivity contribution < 1.29 is 4.74 Å². The van der Waals surface area contributed by atoms with Crippen LogP contribution in [0.4, 0.5) is 5.69 Å². The first-order valence-corrected chi connectivity index (χ1v) is 10.6. The summed E-state index contributed by atoms with van der Waals surface area (Å²) in [5.74, 6) is 0. The van der Waals surface area contributed by atoms with E-state index in [0.717, 1.165) is 47.7 Å². The Kier molecular flexibility index (Phi) is 5.69. The van der Waals surface area contributed by atoms with Crippen LogP contribution in [-0.4, -0.2) is 17.3 Å². The van der Waals surface area contributed by atoms with E-state index in [1.54, 1.807) is 17.4 Å². The SMILES string of the molecule is Cc1ccc(N=c2scc(-c3ccc(Cl)cc3Cl)n2CC2CCCO2)cc1. The molecule has 0 saturated carbocycles. The molecule has 0 bridgehead atoms. The van der Waals surface area contributed by atoms with Crippen LogP contribution in [0.15, 0.2) is 52.8 Å². The maximum Gasteiger partial charge on any atom is 0.190 e. The van der Waals surface area contributed by atoms with Crippen LogP contribution in [0.1, 0.15) is 18.4 Å². The first-order valence-electron chi connectivity index (χ1n) is 8.97. The molecule has 3 aromatic rings. The van der Waals surface area contributed by atoms with Crippen molar-refractivity contribution in [3.8, 4) is 11.3 Å². The first kappa shape index (κ1) is 18.8. The van der Waals surface area contributed by atoms with Crippen LogP contribution in [0.3, 0.4) is 0 Å². The molecule has 27 heavy (non-hydrogen) atoms. The van der Waals surface area contributed by atoms with E-state index in [9.17, 15) is 0 Å². The number of hydrogen-bond donors (Lipinski definition) is 0. The molecule has 0 radical (unpaired) electrons. The fourth-order valence-corrected chi connectivity index (χ4v) is 4.66. The molecule has 1 aliphatic heterocycles. The van der Waals surface area contributed by atoms with Gasteiger partial charge in [0.15, 0.2) is 4.80 Å². The monoisotopic (exact) mass is 418 g/mol. The molecule has 2 heterocycles. The van der Waals surface area contributed by atoms with Gasteiger partial charge in [-0.3, -0.25) is 0 Å². The molecule has 1 unspecified atom stereocenters. The minimum atomic E-state index is 0.210. The molecule has 1 saturated heterocycles. The van der Waals surface area contributed by atoms with Crippen molar-refractivity contribution in [1.29, 1.82) is 0 Å². The van der Waals surface area contributed by atoms with Gasteiger partial charge in [0, 0.05) is 22.6 Å². The number of halogens is 2. The van der Waals surface area contributed by atoms with Crippen molar-refractivity contribution in [3.05, 3.63) is 68.3 Å². The second-order valence-electron chi connectivity index (χ2n) is 6.72. The summed E-state index contributed by atoms with van der Waals surface area (Å²) in [6.07, 6.45) is 2.39. The largest absolute Gasteiger partial charge is 0.376 e. The summed E-state index contributed by atoms with van der Waals surface area (Å²) < 4.78 is 8.09. The third-order valence-corrected chi connectivity index (χ3v) is 6.09. The van der Waals surface area contributed by atoms with Gasteiger partial charge in [0.1, 0.15) is 0 Å². The lowest BCUT2D eigenvalue weighted by molar-refractivity contribution is 0.0968. The van der Waals surface area contributed by atoms with Crippen molar-refractivity contribution >= 4 is 40.2 Å². The van der Waals surface area contributed by atoms with Crippen molar-refractivity contribution in [2.24, 2.45) is 4.99 Å². The number of aryl methyl sites for hydroxylation is 1. The van der Waals surface area contributed by atoms with E-state index in [-0.39, 0.29) is 6.10 Å². The third kappa shape index (κ3) is 4.30. The summed E-state index contributed by atoms with van der Waals surface area (Å²) in [6.45, 7) is 3.67. The average molecular weight is 419 g/mol. The maximum atomic E-state index is 6.48. The van der Waals surface area contributed by atoms with Crippen LogP contribution in [0.25, 0.3) is 11.3 Å². The molecule has 1 aliphatic rings.